The molecule has 2 rings (SSSR count). The highest BCUT2D eigenvalue weighted by Crippen LogP contribution is 2.19. The number of rotatable bonds is 7. The van der Waals surface area contributed by atoms with Crippen molar-refractivity contribution in [2.45, 2.75) is 32.9 Å². The Labute approximate surface area is 146 Å². The highest BCUT2D eigenvalue weighted by Gasteiger charge is 2.15. The van der Waals surface area contributed by atoms with Crippen LogP contribution in [0.25, 0.3) is 0 Å². The van der Waals surface area contributed by atoms with Gasteiger partial charge in [0, 0.05) is 30.7 Å². The molecule has 0 saturated carbocycles. The van der Waals surface area contributed by atoms with E-state index in [4.69, 9.17) is 4.74 Å². The van der Waals surface area contributed by atoms with Gasteiger partial charge in [-0.1, -0.05) is 6.07 Å². The van der Waals surface area contributed by atoms with E-state index in [1.165, 1.54) is 4.88 Å². The SMILES string of the molecule is CC(C)(C)OC(=O)NCCNc1ncccc1NCc1cccs1. The fourth-order valence-corrected chi connectivity index (χ4v) is 2.59. The Balaban J connectivity index is 1.77. The van der Waals surface area contributed by atoms with Crippen molar-refractivity contribution in [2.24, 2.45) is 0 Å². The first kappa shape index (κ1) is 18.1. The zero-order chi connectivity index (χ0) is 17.4. The molecule has 2 heterocycles. The maximum Gasteiger partial charge on any atom is 0.407 e. The van der Waals surface area contributed by atoms with E-state index < -0.39 is 11.7 Å². The summed E-state index contributed by atoms with van der Waals surface area (Å²) in [7, 11) is 0. The minimum Gasteiger partial charge on any atom is -0.444 e. The normalized spacial score (nSPS) is 11.0. The Bertz CT molecular complexity index is 638. The van der Waals surface area contributed by atoms with Gasteiger partial charge in [-0.05, 0) is 44.4 Å². The molecule has 0 aliphatic heterocycles. The maximum absolute atomic E-state index is 11.6. The van der Waals surface area contributed by atoms with Crippen LogP contribution in [0.15, 0.2) is 35.8 Å². The summed E-state index contributed by atoms with van der Waals surface area (Å²) in [5, 5.41) is 11.4. The molecule has 6 nitrogen and oxygen atoms in total. The van der Waals surface area contributed by atoms with E-state index in [1.54, 1.807) is 17.5 Å². The zero-order valence-corrected chi connectivity index (χ0v) is 15.1. The van der Waals surface area contributed by atoms with Crippen LogP contribution >= 0.6 is 11.3 Å². The lowest BCUT2D eigenvalue weighted by molar-refractivity contribution is 0.0530. The van der Waals surface area contributed by atoms with Crippen LogP contribution in [0, 0.1) is 0 Å². The maximum atomic E-state index is 11.6. The number of nitrogens with one attached hydrogen (secondary N) is 3. The molecule has 2 aromatic rings. The van der Waals surface area contributed by atoms with Crippen LogP contribution in [0.5, 0.6) is 0 Å². The molecule has 0 aliphatic carbocycles. The largest absolute Gasteiger partial charge is 0.444 e. The van der Waals surface area contributed by atoms with Crippen molar-refractivity contribution in [2.75, 3.05) is 23.7 Å². The third-order valence-corrected chi connectivity index (χ3v) is 3.80. The molecule has 2 aromatic heterocycles. The third-order valence-electron chi connectivity index (χ3n) is 2.93. The number of carbonyl (C=O) groups excluding carboxylic acids is 1. The lowest BCUT2D eigenvalue weighted by Crippen LogP contribution is -2.35. The highest BCUT2D eigenvalue weighted by molar-refractivity contribution is 7.09. The predicted octanol–water partition coefficient (Wildman–Crippen LogP) is 3.69. The van der Waals surface area contributed by atoms with Crippen LogP contribution in [0.2, 0.25) is 0 Å². The van der Waals surface area contributed by atoms with Crippen molar-refractivity contribution in [3.8, 4) is 0 Å². The summed E-state index contributed by atoms with van der Waals surface area (Å²) in [6.07, 6.45) is 1.32. The second-order valence-corrected chi connectivity index (χ2v) is 7.22. The molecule has 0 saturated heterocycles. The summed E-state index contributed by atoms with van der Waals surface area (Å²) in [6, 6.07) is 7.99. The number of hydrogen-bond acceptors (Lipinski definition) is 6. The Morgan fingerprint density at radius 1 is 1.21 bits per heavy atom. The number of pyridine rings is 1. The van der Waals surface area contributed by atoms with Gasteiger partial charge < -0.3 is 20.7 Å². The molecule has 0 aromatic carbocycles. The van der Waals surface area contributed by atoms with Gasteiger partial charge in [0.2, 0.25) is 0 Å². The summed E-state index contributed by atoms with van der Waals surface area (Å²) in [6.45, 7) is 7.28. The standard InChI is InChI=1S/C17H24N4O2S/c1-17(2,3)23-16(22)20-10-9-19-15-14(7-4-8-18-15)21-12-13-6-5-11-24-13/h4-8,11,21H,9-10,12H2,1-3H3,(H,18,19)(H,20,22). The van der Waals surface area contributed by atoms with Gasteiger partial charge in [0.05, 0.1) is 5.69 Å². The topological polar surface area (TPSA) is 75.3 Å². The van der Waals surface area contributed by atoms with Crippen molar-refractivity contribution in [3.63, 3.8) is 0 Å². The zero-order valence-electron chi connectivity index (χ0n) is 14.3. The molecule has 0 fully saturated rings. The van der Waals surface area contributed by atoms with E-state index >= 15 is 0 Å². The molecule has 0 unspecified atom stereocenters. The van der Waals surface area contributed by atoms with Gasteiger partial charge in [-0.25, -0.2) is 9.78 Å². The molecular weight excluding hydrogens is 324 g/mol. The third kappa shape index (κ3) is 6.45. The Morgan fingerprint density at radius 3 is 2.75 bits per heavy atom. The summed E-state index contributed by atoms with van der Waals surface area (Å²) in [5.74, 6) is 0.764. The predicted molar refractivity (Wildman–Crippen MR) is 98.6 cm³/mol. The van der Waals surface area contributed by atoms with Gasteiger partial charge in [-0.15, -0.1) is 11.3 Å². The van der Waals surface area contributed by atoms with Gasteiger partial charge in [0.25, 0.3) is 0 Å². The first-order chi connectivity index (χ1) is 11.4. The molecule has 1 amide bonds. The fraction of sp³-hybridized carbons (Fsp3) is 0.412. The van der Waals surface area contributed by atoms with E-state index in [1.807, 2.05) is 39.0 Å². The van der Waals surface area contributed by atoms with Gasteiger partial charge in [-0.2, -0.15) is 0 Å². The summed E-state index contributed by atoms with van der Waals surface area (Å²) < 4.78 is 5.19. The summed E-state index contributed by atoms with van der Waals surface area (Å²) >= 11 is 1.71. The molecule has 3 N–H and O–H groups in total. The summed E-state index contributed by atoms with van der Waals surface area (Å²) in [4.78, 5) is 17.2. The van der Waals surface area contributed by atoms with Crippen LogP contribution < -0.4 is 16.0 Å². The number of anilines is 2. The first-order valence-corrected chi connectivity index (χ1v) is 8.74. The molecule has 0 radical (unpaired) electrons. The van der Waals surface area contributed by atoms with Crippen LogP contribution in [0.3, 0.4) is 0 Å². The van der Waals surface area contributed by atoms with Crippen LogP contribution in [0.4, 0.5) is 16.3 Å². The molecular formula is C17H24N4O2S. The number of amides is 1. The molecule has 0 aliphatic rings. The number of ether oxygens (including phenoxy) is 1. The van der Waals surface area contributed by atoms with Crippen LogP contribution in [0.1, 0.15) is 25.6 Å². The minimum absolute atomic E-state index is 0.415. The Kier molecular flexibility index (Phi) is 6.43. The van der Waals surface area contributed by atoms with Crippen molar-refractivity contribution in [3.05, 3.63) is 40.7 Å². The van der Waals surface area contributed by atoms with E-state index in [0.29, 0.717) is 13.1 Å². The average molecular weight is 348 g/mol. The Morgan fingerprint density at radius 2 is 2.04 bits per heavy atom. The van der Waals surface area contributed by atoms with Crippen molar-refractivity contribution >= 4 is 28.9 Å². The van der Waals surface area contributed by atoms with E-state index in [9.17, 15) is 4.79 Å². The molecule has 7 heteroatoms. The number of alkyl carbamates (subject to hydrolysis) is 1. The molecule has 24 heavy (non-hydrogen) atoms. The van der Waals surface area contributed by atoms with Crippen molar-refractivity contribution in [1.82, 2.24) is 10.3 Å². The quantitative estimate of drug-likeness (QED) is 0.665. The number of aromatic nitrogens is 1. The number of thiophene rings is 1. The first-order valence-electron chi connectivity index (χ1n) is 7.86. The fourth-order valence-electron chi connectivity index (χ4n) is 1.94. The van der Waals surface area contributed by atoms with Crippen molar-refractivity contribution in [1.29, 1.82) is 0 Å². The highest BCUT2D eigenvalue weighted by atomic mass is 32.1. The van der Waals surface area contributed by atoms with E-state index in [-0.39, 0.29) is 0 Å². The summed E-state index contributed by atoms with van der Waals surface area (Å²) in [5.41, 5.74) is 0.445. The lowest BCUT2D eigenvalue weighted by Gasteiger charge is -2.19. The van der Waals surface area contributed by atoms with Gasteiger partial charge in [0.15, 0.2) is 0 Å². The molecule has 0 spiro atoms. The minimum atomic E-state index is -0.489. The van der Waals surface area contributed by atoms with Gasteiger partial charge in [0.1, 0.15) is 11.4 Å². The van der Waals surface area contributed by atoms with E-state index in [0.717, 1.165) is 18.1 Å². The molecule has 0 atom stereocenters. The number of hydrogen-bond donors (Lipinski definition) is 3. The second-order valence-electron chi connectivity index (χ2n) is 6.19. The average Bonchev–Trinajstić information content (AvgIpc) is 3.02. The van der Waals surface area contributed by atoms with Gasteiger partial charge >= 0.3 is 6.09 Å². The molecule has 130 valence electrons. The van der Waals surface area contributed by atoms with E-state index in [2.05, 4.69) is 32.4 Å². The number of nitrogens with zero attached hydrogens (tertiary/aromatic N) is 1. The smallest absolute Gasteiger partial charge is 0.407 e. The van der Waals surface area contributed by atoms with Crippen LogP contribution in [-0.4, -0.2) is 29.8 Å². The van der Waals surface area contributed by atoms with Crippen LogP contribution in [-0.2, 0) is 11.3 Å². The van der Waals surface area contributed by atoms with Gasteiger partial charge in [-0.3, -0.25) is 0 Å². The molecule has 0 bridgehead atoms. The lowest BCUT2D eigenvalue weighted by atomic mass is 10.2. The second kappa shape index (κ2) is 8.54. The number of carbonyl (C=O) groups is 1. The van der Waals surface area contributed by atoms with Crippen molar-refractivity contribution < 1.29 is 9.53 Å². The Hall–Kier alpha value is -2.28. The monoisotopic (exact) mass is 348 g/mol.